The molecule has 0 aliphatic carbocycles. The Hall–Kier alpha value is -3.85. The topological polar surface area (TPSA) is 110 Å². The van der Waals surface area contributed by atoms with Gasteiger partial charge in [-0.3, -0.25) is 15.0 Å². The molecule has 2 N–H and O–H groups in total. The third kappa shape index (κ3) is 6.33. The molecule has 9 heteroatoms. The van der Waals surface area contributed by atoms with Crippen molar-refractivity contribution in [3.05, 3.63) is 64.5 Å². The number of amides is 2. The molecule has 3 rings (SSSR count). The molecule has 0 bridgehead atoms. The summed E-state index contributed by atoms with van der Waals surface area (Å²) in [6.45, 7) is 4.97. The lowest BCUT2D eigenvalue weighted by Crippen LogP contribution is -2.33. The lowest BCUT2D eigenvalue weighted by atomic mass is 10.1. The maximum Gasteiger partial charge on any atom is 0.411 e. The molecule has 1 heterocycles. The predicted octanol–water partition coefficient (Wildman–Crippen LogP) is 3.83. The second-order valence-electron chi connectivity index (χ2n) is 7.20. The first-order valence-electron chi connectivity index (χ1n) is 10.6. The Morgan fingerprint density at radius 2 is 1.85 bits per heavy atom. The van der Waals surface area contributed by atoms with Crippen LogP contribution in [0.1, 0.15) is 19.4 Å². The summed E-state index contributed by atoms with van der Waals surface area (Å²) in [6, 6.07) is 13.6. The molecule has 0 aliphatic heterocycles. The first-order valence-corrected chi connectivity index (χ1v) is 10.6. The fourth-order valence-electron chi connectivity index (χ4n) is 3.38. The average Bonchev–Trinajstić information content (AvgIpc) is 2.78. The van der Waals surface area contributed by atoms with E-state index in [0.29, 0.717) is 41.2 Å². The zero-order valence-electron chi connectivity index (χ0n) is 18.8. The Bertz CT molecular complexity index is 1190. The molecule has 3 aromatic rings. The van der Waals surface area contributed by atoms with Crippen molar-refractivity contribution in [2.45, 2.75) is 20.4 Å². The van der Waals surface area contributed by atoms with Gasteiger partial charge in [0, 0.05) is 29.8 Å². The molecule has 0 fully saturated rings. The SMILES string of the molecule is CCOC(=O)Nc1ccc2c(CN(CC)CC(=O)Nc3ccccc3OC)cc(=O)oc2c1. The Labute approximate surface area is 191 Å². The van der Waals surface area contributed by atoms with Gasteiger partial charge >= 0.3 is 11.7 Å². The van der Waals surface area contributed by atoms with Crippen molar-refractivity contribution in [3.63, 3.8) is 0 Å². The van der Waals surface area contributed by atoms with Gasteiger partial charge in [-0.1, -0.05) is 19.1 Å². The van der Waals surface area contributed by atoms with Crippen molar-refractivity contribution in [1.82, 2.24) is 4.90 Å². The largest absolute Gasteiger partial charge is 0.495 e. The Morgan fingerprint density at radius 1 is 1.06 bits per heavy atom. The second-order valence-corrected chi connectivity index (χ2v) is 7.20. The number of nitrogens with zero attached hydrogens (tertiary/aromatic N) is 1. The number of hydrogen-bond acceptors (Lipinski definition) is 7. The summed E-state index contributed by atoms with van der Waals surface area (Å²) in [5, 5.41) is 6.16. The van der Waals surface area contributed by atoms with E-state index >= 15 is 0 Å². The van der Waals surface area contributed by atoms with Crippen molar-refractivity contribution < 1.29 is 23.5 Å². The number of hydrogen-bond donors (Lipinski definition) is 2. The van der Waals surface area contributed by atoms with Gasteiger partial charge in [-0.05, 0) is 43.3 Å². The fraction of sp³-hybridized carbons (Fsp3) is 0.292. The van der Waals surface area contributed by atoms with Gasteiger partial charge in [-0.15, -0.1) is 0 Å². The molecule has 0 atom stereocenters. The zero-order valence-corrected chi connectivity index (χ0v) is 18.8. The number of carbonyl (C=O) groups excluding carboxylic acids is 2. The van der Waals surface area contributed by atoms with Gasteiger partial charge in [-0.2, -0.15) is 0 Å². The van der Waals surface area contributed by atoms with Crippen molar-refractivity contribution in [2.75, 3.05) is 37.4 Å². The third-order valence-electron chi connectivity index (χ3n) is 4.94. The van der Waals surface area contributed by atoms with Crippen LogP contribution >= 0.6 is 0 Å². The smallest absolute Gasteiger partial charge is 0.411 e. The highest BCUT2D eigenvalue weighted by molar-refractivity contribution is 5.94. The predicted molar refractivity (Wildman–Crippen MR) is 126 cm³/mol. The zero-order chi connectivity index (χ0) is 23.8. The van der Waals surface area contributed by atoms with Crippen LogP contribution in [0.4, 0.5) is 16.2 Å². The van der Waals surface area contributed by atoms with Gasteiger partial charge in [0.2, 0.25) is 5.91 Å². The van der Waals surface area contributed by atoms with E-state index in [2.05, 4.69) is 10.6 Å². The summed E-state index contributed by atoms with van der Waals surface area (Å²) < 4.78 is 15.5. The van der Waals surface area contributed by atoms with Crippen molar-refractivity contribution in [2.24, 2.45) is 0 Å². The lowest BCUT2D eigenvalue weighted by molar-refractivity contribution is -0.117. The molecule has 2 aromatic carbocycles. The van der Waals surface area contributed by atoms with Gasteiger partial charge in [-0.25, -0.2) is 9.59 Å². The highest BCUT2D eigenvalue weighted by Gasteiger charge is 2.15. The van der Waals surface area contributed by atoms with E-state index in [9.17, 15) is 14.4 Å². The number of benzene rings is 2. The van der Waals surface area contributed by atoms with Gasteiger partial charge in [0.25, 0.3) is 0 Å². The number of likely N-dealkylation sites (N-methyl/N-ethyl adjacent to an activating group) is 1. The fourth-order valence-corrected chi connectivity index (χ4v) is 3.38. The molecule has 174 valence electrons. The maximum absolute atomic E-state index is 12.6. The summed E-state index contributed by atoms with van der Waals surface area (Å²) in [4.78, 5) is 38.4. The van der Waals surface area contributed by atoms with Crippen LogP contribution in [0.2, 0.25) is 0 Å². The van der Waals surface area contributed by atoms with Gasteiger partial charge < -0.3 is 19.2 Å². The van der Waals surface area contributed by atoms with Crippen LogP contribution in [-0.2, 0) is 16.1 Å². The van der Waals surface area contributed by atoms with Crippen molar-refractivity contribution >= 4 is 34.3 Å². The minimum atomic E-state index is -0.589. The number of carbonyl (C=O) groups is 2. The van der Waals surface area contributed by atoms with Crippen LogP contribution in [0.5, 0.6) is 5.75 Å². The van der Waals surface area contributed by atoms with Gasteiger partial charge in [0.15, 0.2) is 0 Å². The van der Waals surface area contributed by atoms with E-state index in [1.165, 1.54) is 6.07 Å². The molecule has 0 unspecified atom stereocenters. The van der Waals surface area contributed by atoms with Gasteiger partial charge in [0.1, 0.15) is 11.3 Å². The number of fused-ring (bicyclic) bond motifs is 1. The van der Waals surface area contributed by atoms with E-state index in [1.54, 1.807) is 44.4 Å². The average molecular weight is 453 g/mol. The number of para-hydroxylation sites is 2. The van der Waals surface area contributed by atoms with Crippen LogP contribution in [0.15, 0.2) is 57.7 Å². The van der Waals surface area contributed by atoms with Crippen LogP contribution in [0.3, 0.4) is 0 Å². The van der Waals surface area contributed by atoms with Crippen LogP contribution in [-0.4, -0.2) is 43.7 Å². The molecule has 33 heavy (non-hydrogen) atoms. The van der Waals surface area contributed by atoms with E-state index in [-0.39, 0.29) is 19.1 Å². The summed E-state index contributed by atoms with van der Waals surface area (Å²) in [5.41, 5.74) is 1.58. The van der Waals surface area contributed by atoms with Crippen LogP contribution < -0.4 is 21.0 Å². The molecule has 0 aliphatic rings. The number of nitrogens with one attached hydrogen (secondary N) is 2. The maximum atomic E-state index is 12.6. The van der Waals surface area contributed by atoms with E-state index in [0.717, 1.165) is 5.56 Å². The molecule has 0 saturated carbocycles. The summed E-state index contributed by atoms with van der Waals surface area (Å²) in [5.74, 6) is 0.377. The highest BCUT2D eigenvalue weighted by Crippen LogP contribution is 2.24. The molecule has 2 amide bonds. The normalized spacial score (nSPS) is 10.8. The molecule has 0 saturated heterocycles. The molecular weight excluding hydrogens is 426 g/mol. The summed E-state index contributed by atoms with van der Waals surface area (Å²) >= 11 is 0. The number of rotatable bonds is 9. The minimum absolute atomic E-state index is 0.124. The quantitative estimate of drug-likeness (QED) is 0.474. The molecule has 0 spiro atoms. The first kappa shape index (κ1) is 23.8. The molecule has 9 nitrogen and oxygen atoms in total. The highest BCUT2D eigenvalue weighted by atomic mass is 16.5. The molecule has 0 radical (unpaired) electrons. The second kappa shape index (κ2) is 11.1. The number of anilines is 2. The number of methoxy groups -OCH3 is 1. The summed E-state index contributed by atoms with van der Waals surface area (Å²) in [7, 11) is 1.54. The van der Waals surface area contributed by atoms with E-state index in [1.807, 2.05) is 24.0 Å². The number of ether oxygens (including phenoxy) is 2. The first-order chi connectivity index (χ1) is 15.9. The third-order valence-corrected chi connectivity index (χ3v) is 4.94. The molecule has 1 aromatic heterocycles. The minimum Gasteiger partial charge on any atom is -0.495 e. The lowest BCUT2D eigenvalue weighted by Gasteiger charge is -2.21. The van der Waals surface area contributed by atoms with E-state index < -0.39 is 11.7 Å². The van der Waals surface area contributed by atoms with Crippen LogP contribution in [0.25, 0.3) is 11.0 Å². The van der Waals surface area contributed by atoms with E-state index in [4.69, 9.17) is 13.9 Å². The van der Waals surface area contributed by atoms with Crippen LogP contribution in [0, 0.1) is 0 Å². The van der Waals surface area contributed by atoms with Crippen molar-refractivity contribution in [3.8, 4) is 5.75 Å². The van der Waals surface area contributed by atoms with Crippen molar-refractivity contribution in [1.29, 1.82) is 0 Å². The molecular formula is C24H27N3O6. The monoisotopic (exact) mass is 453 g/mol. The summed E-state index contributed by atoms with van der Waals surface area (Å²) in [6.07, 6.45) is -0.589. The van der Waals surface area contributed by atoms with Gasteiger partial charge in [0.05, 0.1) is 25.9 Å². The standard InChI is InChI=1S/C24H27N3O6/c1-4-27(15-22(28)26-19-8-6-7-9-20(19)31-3)14-16-12-23(29)33-21-13-17(10-11-18(16)21)25-24(30)32-5-2/h6-13H,4-5,14-15H2,1-3H3,(H,25,30)(H,26,28). The Morgan fingerprint density at radius 3 is 2.58 bits per heavy atom. The Balaban J connectivity index is 1.76. The Kier molecular flexibility index (Phi) is 8.04.